The SMILES string of the molecule is CCCC1=C(C(=O)OCC)[C@H](c2cc(Cl)ccc2OC)n2c(s/c(=C/c3cc(Br)c(OC)cc3OC)c2=O)=N1. The van der Waals surface area contributed by atoms with Gasteiger partial charge in [-0.15, -0.1) is 0 Å². The van der Waals surface area contributed by atoms with Crippen LogP contribution in [-0.2, 0) is 9.53 Å². The minimum absolute atomic E-state index is 0.178. The molecule has 1 aliphatic heterocycles. The van der Waals surface area contributed by atoms with E-state index in [2.05, 4.69) is 15.9 Å². The summed E-state index contributed by atoms with van der Waals surface area (Å²) in [6.45, 7) is 3.92. The zero-order valence-electron chi connectivity index (χ0n) is 22.2. The summed E-state index contributed by atoms with van der Waals surface area (Å²) in [5.41, 5.74) is 1.78. The van der Waals surface area contributed by atoms with Crippen LogP contribution in [0.3, 0.4) is 0 Å². The third kappa shape index (κ3) is 5.64. The molecule has 11 heteroatoms. The number of esters is 1. The zero-order chi connectivity index (χ0) is 28.3. The van der Waals surface area contributed by atoms with Gasteiger partial charge in [-0.2, -0.15) is 0 Å². The molecule has 1 aromatic heterocycles. The van der Waals surface area contributed by atoms with E-state index in [1.165, 1.54) is 23.0 Å². The van der Waals surface area contributed by atoms with Crippen molar-refractivity contribution in [3.05, 3.63) is 81.9 Å². The van der Waals surface area contributed by atoms with Crippen LogP contribution in [0.2, 0.25) is 5.02 Å². The summed E-state index contributed by atoms with van der Waals surface area (Å²) in [6, 6.07) is 7.84. The number of halogens is 2. The Balaban J connectivity index is 2.06. The quantitative estimate of drug-likeness (QED) is 0.307. The molecule has 0 saturated carbocycles. The normalized spacial score (nSPS) is 15.1. The van der Waals surface area contributed by atoms with Gasteiger partial charge in [-0.3, -0.25) is 9.36 Å². The summed E-state index contributed by atoms with van der Waals surface area (Å²) in [5.74, 6) is 1.08. The predicted octanol–water partition coefficient (Wildman–Crippen LogP) is 5.02. The van der Waals surface area contributed by atoms with Crippen LogP contribution in [0.15, 0.2) is 55.9 Å². The molecule has 0 saturated heterocycles. The van der Waals surface area contributed by atoms with Gasteiger partial charge in [-0.25, -0.2) is 9.79 Å². The Morgan fingerprint density at radius 3 is 2.46 bits per heavy atom. The van der Waals surface area contributed by atoms with E-state index in [0.717, 1.165) is 6.42 Å². The summed E-state index contributed by atoms with van der Waals surface area (Å²) < 4.78 is 24.7. The molecule has 0 aliphatic carbocycles. The predicted molar refractivity (Wildman–Crippen MR) is 155 cm³/mol. The fraction of sp³-hybridized carbons (Fsp3) is 0.321. The average Bonchev–Trinajstić information content (AvgIpc) is 3.22. The maximum Gasteiger partial charge on any atom is 0.338 e. The second-order valence-corrected chi connectivity index (χ2v) is 10.8. The van der Waals surface area contributed by atoms with E-state index >= 15 is 0 Å². The fourth-order valence-corrected chi connectivity index (χ4v) is 6.19. The van der Waals surface area contributed by atoms with Gasteiger partial charge in [-0.1, -0.05) is 36.3 Å². The van der Waals surface area contributed by atoms with Crippen LogP contribution in [0.5, 0.6) is 17.2 Å². The molecule has 206 valence electrons. The molecule has 0 unspecified atom stereocenters. The van der Waals surface area contributed by atoms with Gasteiger partial charge in [-0.05, 0) is 59.6 Å². The smallest absolute Gasteiger partial charge is 0.338 e. The third-order valence-corrected chi connectivity index (χ3v) is 8.01. The number of carbonyl (C=O) groups excluding carboxylic acids is 1. The van der Waals surface area contributed by atoms with E-state index in [1.54, 1.807) is 51.5 Å². The Morgan fingerprint density at radius 2 is 1.82 bits per heavy atom. The first-order chi connectivity index (χ1) is 18.8. The number of thiazole rings is 1. The number of hydrogen-bond acceptors (Lipinski definition) is 8. The molecule has 2 aromatic carbocycles. The molecule has 0 amide bonds. The molecule has 4 rings (SSSR count). The lowest BCUT2D eigenvalue weighted by atomic mass is 9.93. The minimum atomic E-state index is -0.845. The van der Waals surface area contributed by atoms with Crippen molar-refractivity contribution in [3.63, 3.8) is 0 Å². The van der Waals surface area contributed by atoms with Crippen molar-refractivity contribution in [1.29, 1.82) is 0 Å². The molecule has 3 aromatic rings. The standard InChI is InChI=1S/C28H28BrClN2O6S/c1-6-8-19-24(27(34)38-7-2)25(17-13-16(30)9-10-20(17)35-3)32-26(33)23(39-28(32)31-19)12-15-11-18(29)22(37-5)14-21(15)36-4/h9-14,25H,6-8H2,1-5H3/b23-12+/t25-/m0/s1. The number of nitrogens with zero attached hydrogens (tertiary/aromatic N) is 2. The van der Waals surface area contributed by atoms with Crippen molar-refractivity contribution < 1.29 is 23.7 Å². The molecule has 8 nitrogen and oxygen atoms in total. The average molecular weight is 636 g/mol. The van der Waals surface area contributed by atoms with Gasteiger partial charge in [0.25, 0.3) is 5.56 Å². The molecule has 39 heavy (non-hydrogen) atoms. The monoisotopic (exact) mass is 634 g/mol. The summed E-state index contributed by atoms with van der Waals surface area (Å²) in [6.07, 6.45) is 3.01. The number of aromatic nitrogens is 1. The van der Waals surface area contributed by atoms with Crippen LogP contribution >= 0.6 is 38.9 Å². The Bertz CT molecular complexity index is 1630. The van der Waals surface area contributed by atoms with Gasteiger partial charge in [0.2, 0.25) is 0 Å². The molecule has 0 bridgehead atoms. The zero-order valence-corrected chi connectivity index (χ0v) is 25.3. The van der Waals surface area contributed by atoms with E-state index in [4.69, 9.17) is 35.5 Å². The molecular formula is C28H28BrClN2O6S. The van der Waals surface area contributed by atoms with Crippen LogP contribution < -0.4 is 29.1 Å². The maximum absolute atomic E-state index is 14.0. The van der Waals surface area contributed by atoms with Crippen LogP contribution in [0.1, 0.15) is 43.9 Å². The minimum Gasteiger partial charge on any atom is -0.496 e. The summed E-state index contributed by atoms with van der Waals surface area (Å²) in [7, 11) is 4.65. The fourth-order valence-electron chi connectivity index (χ4n) is 4.47. The Kier molecular flexibility index (Phi) is 9.19. The number of ether oxygens (including phenoxy) is 4. The molecule has 1 atom stereocenters. The van der Waals surface area contributed by atoms with Gasteiger partial charge in [0.05, 0.1) is 48.2 Å². The molecule has 0 N–H and O–H groups in total. The van der Waals surface area contributed by atoms with Gasteiger partial charge in [0, 0.05) is 22.2 Å². The molecule has 1 aliphatic rings. The topological polar surface area (TPSA) is 88.4 Å². The van der Waals surface area contributed by atoms with E-state index < -0.39 is 12.0 Å². The first-order valence-corrected chi connectivity index (χ1v) is 14.2. The highest BCUT2D eigenvalue weighted by Crippen LogP contribution is 2.38. The van der Waals surface area contributed by atoms with E-state index in [1.807, 2.05) is 13.0 Å². The van der Waals surface area contributed by atoms with Gasteiger partial charge in [0.15, 0.2) is 4.80 Å². The van der Waals surface area contributed by atoms with Gasteiger partial charge >= 0.3 is 5.97 Å². The van der Waals surface area contributed by atoms with Crippen molar-refractivity contribution in [2.75, 3.05) is 27.9 Å². The molecule has 0 spiro atoms. The van der Waals surface area contributed by atoms with Crippen LogP contribution in [-0.4, -0.2) is 38.5 Å². The third-order valence-electron chi connectivity index (χ3n) is 6.17. The number of carbonyl (C=O) groups is 1. The number of hydrogen-bond donors (Lipinski definition) is 0. The van der Waals surface area contributed by atoms with Crippen LogP contribution in [0.4, 0.5) is 0 Å². The van der Waals surface area contributed by atoms with Crippen molar-refractivity contribution >= 4 is 50.9 Å². The molecular weight excluding hydrogens is 608 g/mol. The Hall–Kier alpha value is -3.08. The maximum atomic E-state index is 14.0. The van der Waals surface area contributed by atoms with E-state index in [-0.39, 0.29) is 12.2 Å². The summed E-state index contributed by atoms with van der Waals surface area (Å²) >= 11 is 11.1. The Morgan fingerprint density at radius 1 is 1.10 bits per heavy atom. The second kappa shape index (κ2) is 12.4. The number of methoxy groups -OCH3 is 3. The number of rotatable bonds is 9. The van der Waals surface area contributed by atoms with Gasteiger partial charge in [0.1, 0.15) is 23.3 Å². The van der Waals surface area contributed by atoms with Crippen LogP contribution in [0.25, 0.3) is 6.08 Å². The first-order valence-electron chi connectivity index (χ1n) is 12.2. The second-order valence-electron chi connectivity index (χ2n) is 8.53. The van der Waals surface area contributed by atoms with E-state index in [9.17, 15) is 9.59 Å². The highest BCUT2D eigenvalue weighted by Gasteiger charge is 2.36. The summed E-state index contributed by atoms with van der Waals surface area (Å²) in [4.78, 5) is 32.7. The van der Waals surface area contributed by atoms with Crippen LogP contribution in [0, 0.1) is 0 Å². The van der Waals surface area contributed by atoms with Crippen molar-refractivity contribution in [3.8, 4) is 17.2 Å². The summed E-state index contributed by atoms with van der Waals surface area (Å²) in [5, 5.41) is 0.443. The molecule has 0 fully saturated rings. The lowest BCUT2D eigenvalue weighted by Crippen LogP contribution is -2.40. The Labute approximate surface area is 243 Å². The van der Waals surface area contributed by atoms with Gasteiger partial charge < -0.3 is 18.9 Å². The number of fused-ring (bicyclic) bond motifs is 1. The van der Waals surface area contributed by atoms with E-state index in [0.29, 0.717) is 64.9 Å². The molecule has 2 heterocycles. The molecule has 0 radical (unpaired) electrons. The highest BCUT2D eigenvalue weighted by atomic mass is 79.9. The first kappa shape index (κ1) is 28.9. The highest BCUT2D eigenvalue weighted by molar-refractivity contribution is 9.10. The van der Waals surface area contributed by atoms with Crippen molar-refractivity contribution in [2.24, 2.45) is 4.99 Å². The van der Waals surface area contributed by atoms with Crippen molar-refractivity contribution in [1.82, 2.24) is 4.57 Å². The van der Waals surface area contributed by atoms with Crippen molar-refractivity contribution in [2.45, 2.75) is 32.7 Å². The lowest BCUT2D eigenvalue weighted by Gasteiger charge is -2.27. The number of benzene rings is 2. The lowest BCUT2D eigenvalue weighted by molar-refractivity contribution is -0.139. The number of allylic oxidation sites excluding steroid dienone is 1. The largest absolute Gasteiger partial charge is 0.496 e.